The zero-order chi connectivity index (χ0) is 22.4. The number of fused-ring (bicyclic) bond motifs is 2. The van der Waals surface area contributed by atoms with Gasteiger partial charge in [0.15, 0.2) is 5.76 Å². The summed E-state index contributed by atoms with van der Waals surface area (Å²) in [5.41, 5.74) is 3.09. The number of Topliss-reactive ketones (excluding diaryl/α,β-unsaturated/α-hetero) is 1. The highest BCUT2D eigenvalue weighted by Gasteiger charge is 2.31. The van der Waals surface area contributed by atoms with Crippen molar-refractivity contribution in [2.24, 2.45) is 7.05 Å². The van der Waals surface area contributed by atoms with Crippen LogP contribution in [0.2, 0.25) is 0 Å². The Morgan fingerprint density at radius 3 is 2.59 bits per heavy atom. The first-order valence-corrected chi connectivity index (χ1v) is 10.0. The minimum atomic E-state index is -0.621. The van der Waals surface area contributed by atoms with Gasteiger partial charge in [0.25, 0.3) is 0 Å². The van der Waals surface area contributed by atoms with Crippen molar-refractivity contribution < 1.29 is 23.5 Å². The summed E-state index contributed by atoms with van der Waals surface area (Å²) in [4.78, 5) is 25.3. The highest BCUT2D eigenvalue weighted by molar-refractivity contribution is 6.15. The molecule has 5 nitrogen and oxygen atoms in total. The second-order valence-electron chi connectivity index (χ2n) is 7.61. The van der Waals surface area contributed by atoms with E-state index in [4.69, 9.17) is 9.47 Å². The molecule has 0 unspecified atom stereocenters. The van der Waals surface area contributed by atoms with Gasteiger partial charge >= 0.3 is 5.97 Å². The van der Waals surface area contributed by atoms with E-state index in [9.17, 15) is 14.0 Å². The molecule has 6 heteroatoms. The SMILES string of the molecule is Cc1c(OC(=O)c2ccc(F)cc2)ccc2c1OC(=Cc1cn(C)c3ccccc13)C2=O. The first-order valence-electron chi connectivity index (χ1n) is 10.0. The number of nitrogens with zero attached hydrogens (tertiary/aromatic N) is 1. The number of esters is 1. The number of ketones is 1. The molecule has 1 aromatic heterocycles. The quantitative estimate of drug-likeness (QED) is 0.247. The van der Waals surface area contributed by atoms with Crippen molar-refractivity contribution in [3.05, 3.63) is 101 Å². The predicted octanol–water partition coefficient (Wildman–Crippen LogP) is 5.46. The van der Waals surface area contributed by atoms with Crippen LogP contribution in [0.25, 0.3) is 17.0 Å². The van der Waals surface area contributed by atoms with Crippen LogP contribution in [0.5, 0.6) is 11.5 Å². The molecule has 5 rings (SSSR count). The van der Waals surface area contributed by atoms with Gasteiger partial charge < -0.3 is 14.0 Å². The lowest BCUT2D eigenvalue weighted by Gasteiger charge is -2.10. The van der Waals surface area contributed by atoms with Crippen molar-refractivity contribution in [3.8, 4) is 11.5 Å². The monoisotopic (exact) mass is 427 g/mol. The van der Waals surface area contributed by atoms with Gasteiger partial charge in [0.05, 0.1) is 11.1 Å². The Morgan fingerprint density at radius 1 is 1.06 bits per heavy atom. The molecule has 0 saturated carbocycles. The molecule has 3 aromatic carbocycles. The Hall–Kier alpha value is -4.19. The third-order valence-electron chi connectivity index (χ3n) is 5.53. The summed E-state index contributed by atoms with van der Waals surface area (Å²) in [6.45, 7) is 1.72. The van der Waals surface area contributed by atoms with Gasteiger partial charge in [-0.15, -0.1) is 0 Å². The maximum Gasteiger partial charge on any atom is 0.343 e. The number of rotatable bonds is 3. The summed E-state index contributed by atoms with van der Waals surface area (Å²) >= 11 is 0. The molecule has 0 radical (unpaired) electrons. The number of hydrogen-bond acceptors (Lipinski definition) is 4. The van der Waals surface area contributed by atoms with Crippen LogP contribution in [0.1, 0.15) is 31.8 Å². The number of benzene rings is 3. The van der Waals surface area contributed by atoms with E-state index in [-0.39, 0.29) is 22.9 Å². The molecule has 0 atom stereocenters. The second-order valence-corrected chi connectivity index (χ2v) is 7.61. The predicted molar refractivity (Wildman–Crippen MR) is 118 cm³/mol. The topological polar surface area (TPSA) is 57.5 Å². The van der Waals surface area contributed by atoms with Gasteiger partial charge in [-0.3, -0.25) is 4.79 Å². The number of carbonyl (C=O) groups excluding carboxylic acids is 2. The molecule has 0 fully saturated rings. The lowest BCUT2D eigenvalue weighted by Crippen LogP contribution is -2.09. The number of allylic oxidation sites excluding steroid dienone is 1. The fourth-order valence-electron chi connectivity index (χ4n) is 3.85. The van der Waals surface area contributed by atoms with Crippen molar-refractivity contribution in [2.45, 2.75) is 6.92 Å². The summed E-state index contributed by atoms with van der Waals surface area (Å²) in [5, 5.41) is 1.01. The number of carbonyl (C=O) groups is 2. The molecule has 0 saturated heterocycles. The Kier molecular flexibility index (Phi) is 4.63. The van der Waals surface area contributed by atoms with Crippen molar-refractivity contribution in [1.82, 2.24) is 4.57 Å². The molecular formula is C26H18FNO4. The molecule has 0 spiro atoms. The van der Waals surface area contributed by atoms with Gasteiger partial charge in [-0.05, 0) is 55.5 Å². The Labute approximate surface area is 183 Å². The number of para-hydroxylation sites is 1. The lowest BCUT2D eigenvalue weighted by molar-refractivity contribution is 0.0733. The van der Waals surface area contributed by atoms with E-state index in [1.807, 2.05) is 42.1 Å². The van der Waals surface area contributed by atoms with E-state index < -0.39 is 11.8 Å². The molecule has 32 heavy (non-hydrogen) atoms. The third kappa shape index (κ3) is 3.26. The minimum Gasteiger partial charge on any atom is -0.452 e. The molecule has 0 N–H and O–H groups in total. The first kappa shape index (κ1) is 19.8. The second kappa shape index (κ2) is 7.50. The lowest BCUT2D eigenvalue weighted by atomic mass is 10.1. The van der Waals surface area contributed by atoms with Crippen LogP contribution in [-0.4, -0.2) is 16.3 Å². The largest absolute Gasteiger partial charge is 0.452 e. The fourth-order valence-corrected chi connectivity index (χ4v) is 3.85. The maximum absolute atomic E-state index is 13.1. The van der Waals surface area contributed by atoms with Crippen LogP contribution in [0.4, 0.5) is 4.39 Å². The van der Waals surface area contributed by atoms with Crippen molar-refractivity contribution >= 4 is 28.7 Å². The van der Waals surface area contributed by atoms with E-state index in [1.54, 1.807) is 25.1 Å². The van der Waals surface area contributed by atoms with Crippen LogP contribution in [-0.2, 0) is 7.05 Å². The summed E-state index contributed by atoms with van der Waals surface area (Å²) < 4.78 is 26.5. The molecule has 0 bridgehead atoms. The van der Waals surface area contributed by atoms with Crippen LogP contribution in [0.3, 0.4) is 0 Å². The van der Waals surface area contributed by atoms with Crippen LogP contribution in [0.15, 0.2) is 72.6 Å². The van der Waals surface area contributed by atoms with E-state index in [1.165, 1.54) is 24.3 Å². The average Bonchev–Trinajstić information content (AvgIpc) is 3.28. The van der Waals surface area contributed by atoms with E-state index in [0.717, 1.165) is 16.5 Å². The van der Waals surface area contributed by atoms with E-state index >= 15 is 0 Å². The molecule has 0 aliphatic carbocycles. The fraction of sp³-hybridized carbons (Fsp3) is 0.0769. The highest BCUT2D eigenvalue weighted by atomic mass is 19.1. The van der Waals surface area contributed by atoms with Gasteiger partial charge in [0.1, 0.15) is 17.3 Å². The van der Waals surface area contributed by atoms with Gasteiger partial charge in [0.2, 0.25) is 5.78 Å². The smallest absolute Gasteiger partial charge is 0.343 e. The third-order valence-corrected chi connectivity index (χ3v) is 5.53. The number of aromatic nitrogens is 1. The number of halogens is 1. The number of aryl methyl sites for hydroxylation is 1. The maximum atomic E-state index is 13.1. The zero-order valence-corrected chi connectivity index (χ0v) is 17.4. The minimum absolute atomic E-state index is 0.210. The summed E-state index contributed by atoms with van der Waals surface area (Å²) in [6.07, 6.45) is 3.67. The first-order chi connectivity index (χ1) is 15.4. The Morgan fingerprint density at radius 2 is 1.81 bits per heavy atom. The standard InChI is InChI=1S/C26H18FNO4/c1-15-22(32-26(30)16-7-9-18(27)10-8-16)12-11-20-24(29)23(31-25(15)20)13-17-14-28(2)21-6-4-3-5-19(17)21/h3-14H,1-2H3. The summed E-state index contributed by atoms with van der Waals surface area (Å²) in [5.74, 6) is -0.436. The summed E-state index contributed by atoms with van der Waals surface area (Å²) in [7, 11) is 1.95. The van der Waals surface area contributed by atoms with Crippen LogP contribution < -0.4 is 9.47 Å². The molecule has 4 aromatic rings. The molecule has 158 valence electrons. The van der Waals surface area contributed by atoms with Crippen molar-refractivity contribution in [1.29, 1.82) is 0 Å². The Balaban J connectivity index is 1.46. The average molecular weight is 427 g/mol. The van der Waals surface area contributed by atoms with Gasteiger partial charge in [-0.1, -0.05) is 18.2 Å². The van der Waals surface area contributed by atoms with E-state index in [2.05, 4.69) is 0 Å². The van der Waals surface area contributed by atoms with Gasteiger partial charge in [0, 0.05) is 35.3 Å². The normalized spacial score (nSPS) is 14.0. The highest BCUT2D eigenvalue weighted by Crippen LogP contribution is 2.40. The van der Waals surface area contributed by atoms with E-state index in [0.29, 0.717) is 16.9 Å². The molecule has 0 amide bonds. The molecular weight excluding hydrogens is 409 g/mol. The molecule has 1 aliphatic rings. The van der Waals surface area contributed by atoms with Gasteiger partial charge in [-0.25, -0.2) is 9.18 Å². The van der Waals surface area contributed by atoms with Crippen molar-refractivity contribution in [2.75, 3.05) is 0 Å². The van der Waals surface area contributed by atoms with Crippen molar-refractivity contribution in [3.63, 3.8) is 0 Å². The molecule has 2 heterocycles. The number of ether oxygens (including phenoxy) is 2. The van der Waals surface area contributed by atoms with Gasteiger partial charge in [-0.2, -0.15) is 0 Å². The van der Waals surface area contributed by atoms with Crippen LogP contribution >= 0.6 is 0 Å². The zero-order valence-electron chi connectivity index (χ0n) is 17.4. The number of hydrogen-bond donors (Lipinski definition) is 0. The van der Waals surface area contributed by atoms with Crippen LogP contribution in [0, 0.1) is 12.7 Å². The Bertz CT molecular complexity index is 1430. The molecule has 1 aliphatic heterocycles. The summed E-state index contributed by atoms with van der Waals surface area (Å²) in [6, 6.07) is 16.2.